The van der Waals surface area contributed by atoms with Crippen molar-refractivity contribution in [3.8, 4) is 0 Å². The number of hydrogen-bond donors (Lipinski definition) is 5. The summed E-state index contributed by atoms with van der Waals surface area (Å²) in [6.45, 7) is -0.447. The zero-order chi connectivity index (χ0) is 14.4. The molecule has 3 heterocycles. The molecule has 1 aliphatic rings. The number of imidazole rings is 1. The molecule has 124 valence electrons. The van der Waals surface area contributed by atoms with Gasteiger partial charge in [-0.1, -0.05) is 0 Å². The molecule has 2 aromatic heterocycles. The largest absolute Gasteiger partial charge is 0.412 e. The lowest BCUT2D eigenvalue weighted by Crippen LogP contribution is -2.33. The van der Waals surface area contributed by atoms with Crippen molar-refractivity contribution in [2.24, 2.45) is 0 Å². The highest BCUT2D eigenvalue weighted by molar-refractivity contribution is 5.70. The van der Waals surface area contributed by atoms with Crippen molar-refractivity contribution in [3.05, 3.63) is 16.7 Å². The summed E-state index contributed by atoms with van der Waals surface area (Å²) in [5, 5.41) is 28.7. The van der Waals surface area contributed by atoms with Gasteiger partial charge in [-0.3, -0.25) is 14.3 Å². The average Bonchev–Trinajstić information content (AvgIpc) is 2.93. The zero-order valence-electron chi connectivity index (χ0n) is 11.2. The molecule has 2 aromatic rings. The first-order valence-corrected chi connectivity index (χ1v) is 5.87. The molecular formula is C10H17N5O7. The van der Waals surface area contributed by atoms with Gasteiger partial charge in [0, 0.05) is 0 Å². The molecule has 0 amide bonds. The number of rotatable bonds is 2. The minimum Gasteiger partial charge on any atom is -0.412 e. The van der Waals surface area contributed by atoms with Gasteiger partial charge in [0.1, 0.15) is 18.3 Å². The zero-order valence-corrected chi connectivity index (χ0v) is 11.2. The van der Waals surface area contributed by atoms with Gasteiger partial charge in [-0.2, -0.15) is 4.98 Å². The predicted octanol–water partition coefficient (Wildman–Crippen LogP) is -4.34. The number of nitrogens with zero attached hydrogens (tertiary/aromatic N) is 3. The third kappa shape index (κ3) is 2.54. The standard InChI is InChI=1S/C10H13N5O5.2H2O/c11-10-13-7-4(8(19)14-10)12-2-15(7)9-6(18)5(17)3(1-16)20-9;;/h2-3,5-6,9,16-18H,1H2,(H3,11,13,14,19);2*1H2/t3-,5-,6-,9-;;/m1../s1. The van der Waals surface area contributed by atoms with Crippen LogP contribution in [0.4, 0.5) is 5.95 Å². The van der Waals surface area contributed by atoms with Crippen LogP contribution in [0.5, 0.6) is 0 Å². The fourth-order valence-corrected chi connectivity index (χ4v) is 2.24. The Morgan fingerprint density at radius 3 is 2.64 bits per heavy atom. The molecule has 0 radical (unpaired) electrons. The SMILES string of the molecule is Nc1nc2c(ncn2[C@@H]2O[C@H](CO)[C@@H](O)[C@H]2O)c(=O)[nH]1.O.O. The second-order valence-corrected chi connectivity index (χ2v) is 4.50. The molecule has 12 heteroatoms. The number of anilines is 1. The highest BCUT2D eigenvalue weighted by atomic mass is 16.6. The van der Waals surface area contributed by atoms with Gasteiger partial charge in [0.25, 0.3) is 5.56 Å². The van der Waals surface area contributed by atoms with Gasteiger partial charge in [-0.15, -0.1) is 0 Å². The molecule has 0 spiro atoms. The smallest absolute Gasteiger partial charge is 0.280 e. The molecule has 4 atom stereocenters. The Kier molecular flexibility index (Phi) is 5.18. The lowest BCUT2D eigenvalue weighted by molar-refractivity contribution is -0.0511. The van der Waals surface area contributed by atoms with Crippen LogP contribution in [0.15, 0.2) is 11.1 Å². The Labute approximate surface area is 122 Å². The number of nitrogens with two attached hydrogens (primary N) is 1. The minimum absolute atomic E-state index is 0. The number of fused-ring (bicyclic) bond motifs is 1. The van der Waals surface area contributed by atoms with Crippen LogP contribution >= 0.6 is 0 Å². The third-order valence-corrected chi connectivity index (χ3v) is 3.24. The van der Waals surface area contributed by atoms with Crippen molar-refractivity contribution in [2.45, 2.75) is 24.5 Å². The molecule has 0 aliphatic carbocycles. The Bertz CT molecular complexity index is 701. The van der Waals surface area contributed by atoms with Gasteiger partial charge in [0.05, 0.1) is 12.9 Å². The van der Waals surface area contributed by atoms with E-state index < -0.39 is 36.7 Å². The normalized spacial score (nSPS) is 27.4. The molecule has 0 unspecified atom stereocenters. The first-order chi connectivity index (χ1) is 9.52. The van der Waals surface area contributed by atoms with Crippen LogP contribution in [0.25, 0.3) is 11.2 Å². The number of nitrogens with one attached hydrogen (secondary N) is 1. The van der Waals surface area contributed by atoms with Gasteiger partial charge in [0.2, 0.25) is 5.95 Å². The van der Waals surface area contributed by atoms with Crippen molar-refractivity contribution < 1.29 is 31.0 Å². The molecule has 3 rings (SSSR count). The summed E-state index contributed by atoms with van der Waals surface area (Å²) in [5.74, 6) is -0.101. The summed E-state index contributed by atoms with van der Waals surface area (Å²) >= 11 is 0. The van der Waals surface area contributed by atoms with E-state index in [1.54, 1.807) is 0 Å². The Morgan fingerprint density at radius 2 is 2.05 bits per heavy atom. The number of hydrogen-bond acceptors (Lipinski definition) is 8. The van der Waals surface area contributed by atoms with Crippen LogP contribution < -0.4 is 11.3 Å². The predicted molar refractivity (Wildman–Crippen MR) is 72.8 cm³/mol. The number of ether oxygens (including phenoxy) is 1. The lowest BCUT2D eigenvalue weighted by atomic mass is 10.1. The van der Waals surface area contributed by atoms with Gasteiger partial charge in [-0.05, 0) is 0 Å². The number of aromatic amines is 1. The van der Waals surface area contributed by atoms with Gasteiger partial charge in [-0.25, -0.2) is 4.98 Å². The molecule has 0 bridgehead atoms. The van der Waals surface area contributed by atoms with E-state index in [1.165, 1.54) is 10.9 Å². The Hall–Kier alpha value is -2.09. The van der Waals surface area contributed by atoms with Gasteiger partial charge in [0.15, 0.2) is 17.4 Å². The maximum absolute atomic E-state index is 11.7. The summed E-state index contributed by atoms with van der Waals surface area (Å²) in [7, 11) is 0. The van der Waals surface area contributed by atoms with Crippen LogP contribution in [0.2, 0.25) is 0 Å². The lowest BCUT2D eigenvalue weighted by Gasteiger charge is -2.16. The number of aromatic nitrogens is 4. The van der Waals surface area contributed by atoms with E-state index in [2.05, 4.69) is 15.0 Å². The highest BCUT2D eigenvalue weighted by Crippen LogP contribution is 2.30. The number of aliphatic hydroxyl groups excluding tert-OH is 3. The molecule has 1 fully saturated rings. The molecule has 0 aromatic carbocycles. The second-order valence-electron chi connectivity index (χ2n) is 4.50. The monoisotopic (exact) mass is 319 g/mol. The van der Waals surface area contributed by atoms with E-state index in [-0.39, 0.29) is 28.1 Å². The fraction of sp³-hybridized carbons (Fsp3) is 0.500. The quantitative estimate of drug-likeness (QED) is 0.363. The van der Waals surface area contributed by atoms with Crippen molar-refractivity contribution in [3.63, 3.8) is 0 Å². The van der Waals surface area contributed by atoms with Crippen molar-refractivity contribution in [1.29, 1.82) is 0 Å². The van der Waals surface area contributed by atoms with E-state index in [4.69, 9.17) is 15.6 Å². The first kappa shape index (κ1) is 18.0. The van der Waals surface area contributed by atoms with Crippen molar-refractivity contribution in [2.75, 3.05) is 12.3 Å². The molecule has 0 saturated carbocycles. The van der Waals surface area contributed by atoms with E-state index in [0.717, 1.165) is 0 Å². The summed E-state index contributed by atoms with van der Waals surface area (Å²) in [6.07, 6.45) is -3.21. The molecule has 12 nitrogen and oxygen atoms in total. The number of aliphatic hydroxyl groups is 3. The van der Waals surface area contributed by atoms with Crippen LogP contribution in [0, 0.1) is 0 Å². The van der Waals surface area contributed by atoms with Crippen LogP contribution in [0.1, 0.15) is 6.23 Å². The maximum atomic E-state index is 11.7. The van der Waals surface area contributed by atoms with Gasteiger partial charge >= 0.3 is 0 Å². The van der Waals surface area contributed by atoms with Crippen LogP contribution in [-0.4, -0.2) is 70.7 Å². The highest BCUT2D eigenvalue weighted by Gasteiger charge is 2.44. The summed E-state index contributed by atoms with van der Waals surface area (Å²) in [5.41, 5.74) is 5.12. The van der Waals surface area contributed by atoms with E-state index >= 15 is 0 Å². The number of H-pyrrole nitrogens is 1. The maximum Gasteiger partial charge on any atom is 0.280 e. The summed E-state index contributed by atoms with van der Waals surface area (Å²) in [4.78, 5) is 21.8. The Morgan fingerprint density at radius 1 is 1.36 bits per heavy atom. The first-order valence-electron chi connectivity index (χ1n) is 5.87. The molecule has 1 saturated heterocycles. The van der Waals surface area contributed by atoms with Crippen LogP contribution in [0.3, 0.4) is 0 Å². The molecule has 22 heavy (non-hydrogen) atoms. The molecule has 10 N–H and O–H groups in total. The van der Waals surface area contributed by atoms with E-state index in [9.17, 15) is 15.0 Å². The minimum atomic E-state index is -1.29. The summed E-state index contributed by atoms with van der Waals surface area (Å²) in [6, 6.07) is 0. The van der Waals surface area contributed by atoms with Crippen molar-refractivity contribution in [1.82, 2.24) is 19.5 Å². The van der Waals surface area contributed by atoms with Gasteiger partial charge < -0.3 is 36.7 Å². The molecular weight excluding hydrogens is 302 g/mol. The number of nitrogen functional groups attached to an aromatic ring is 1. The van der Waals surface area contributed by atoms with E-state index in [1.807, 2.05) is 0 Å². The van der Waals surface area contributed by atoms with E-state index in [0.29, 0.717) is 0 Å². The third-order valence-electron chi connectivity index (χ3n) is 3.24. The summed E-state index contributed by atoms with van der Waals surface area (Å²) < 4.78 is 6.64. The fourth-order valence-electron chi connectivity index (χ4n) is 2.24. The Balaban J connectivity index is 0.00000121. The van der Waals surface area contributed by atoms with Crippen molar-refractivity contribution >= 4 is 17.1 Å². The molecule has 1 aliphatic heterocycles. The van der Waals surface area contributed by atoms with Crippen LogP contribution in [-0.2, 0) is 4.74 Å². The average molecular weight is 319 g/mol. The second kappa shape index (κ2) is 6.35. The topological polar surface area (TPSA) is 223 Å².